The number of carbonyl (C=O) groups is 1. The summed E-state index contributed by atoms with van der Waals surface area (Å²) in [5.41, 5.74) is 0. The van der Waals surface area contributed by atoms with Crippen LogP contribution in [-0.4, -0.2) is 140 Å². The third kappa shape index (κ3) is 18.9. The van der Waals surface area contributed by atoms with Gasteiger partial charge in [-0.15, -0.1) is 0 Å². The van der Waals surface area contributed by atoms with Gasteiger partial charge in [-0.25, -0.2) is 0 Å². The molecule has 0 aliphatic carbocycles. The minimum absolute atomic E-state index is 0.244. The van der Waals surface area contributed by atoms with E-state index in [0.717, 1.165) is 32.1 Å². The average molecular weight is 802 g/mol. The summed E-state index contributed by atoms with van der Waals surface area (Å²) in [5.74, 6) is -0.292. The maximum Gasteiger partial charge on any atom is 0.220 e. The molecular formula is C42H75NO13. The fraction of sp³-hybridized carbons (Fsp3) is 0.833. The molecule has 14 heteroatoms. The predicted molar refractivity (Wildman–Crippen MR) is 212 cm³/mol. The molecule has 0 aromatic carbocycles. The Kier molecular flexibility index (Phi) is 27.2. The smallest absolute Gasteiger partial charge is 0.220 e. The molecular weight excluding hydrogens is 726 g/mol. The van der Waals surface area contributed by atoms with Crippen LogP contribution in [0.5, 0.6) is 0 Å². The van der Waals surface area contributed by atoms with Crippen LogP contribution in [0.3, 0.4) is 0 Å². The van der Waals surface area contributed by atoms with Crippen LogP contribution in [-0.2, 0) is 23.7 Å². The summed E-state index contributed by atoms with van der Waals surface area (Å²) in [6, 6.07) is -0.929. The van der Waals surface area contributed by atoms with Gasteiger partial charge in [0.05, 0.1) is 32.0 Å². The Labute approximate surface area is 334 Å². The van der Waals surface area contributed by atoms with Crippen LogP contribution in [0.2, 0.25) is 0 Å². The van der Waals surface area contributed by atoms with Crippen molar-refractivity contribution in [2.45, 2.75) is 203 Å². The molecule has 9 N–H and O–H groups in total. The highest BCUT2D eigenvalue weighted by atomic mass is 16.7. The van der Waals surface area contributed by atoms with Crippen LogP contribution < -0.4 is 5.32 Å². The Hall–Kier alpha value is -1.79. The number of nitrogens with one attached hydrogen (secondary N) is 1. The second kappa shape index (κ2) is 30.3. The van der Waals surface area contributed by atoms with Gasteiger partial charge in [-0.3, -0.25) is 4.79 Å². The highest BCUT2D eigenvalue weighted by molar-refractivity contribution is 5.76. The lowest BCUT2D eigenvalue weighted by Crippen LogP contribution is -2.65. The van der Waals surface area contributed by atoms with Gasteiger partial charge in [0.25, 0.3) is 0 Å². The summed E-state index contributed by atoms with van der Waals surface area (Å²) in [5, 5.41) is 85.6. The number of allylic oxidation sites excluding steroid dienone is 5. The summed E-state index contributed by atoms with van der Waals surface area (Å²) < 4.78 is 22.4. The van der Waals surface area contributed by atoms with E-state index in [1.54, 1.807) is 6.08 Å². The number of ether oxygens (including phenoxy) is 4. The zero-order valence-corrected chi connectivity index (χ0v) is 33.9. The molecule has 0 bridgehead atoms. The Morgan fingerprint density at radius 3 is 1.73 bits per heavy atom. The lowest BCUT2D eigenvalue weighted by Gasteiger charge is -2.46. The second-order valence-corrected chi connectivity index (χ2v) is 15.1. The van der Waals surface area contributed by atoms with Gasteiger partial charge in [0, 0.05) is 6.42 Å². The molecule has 0 aromatic heterocycles. The molecule has 0 aromatic rings. The van der Waals surface area contributed by atoms with E-state index in [1.165, 1.54) is 64.2 Å². The van der Waals surface area contributed by atoms with Gasteiger partial charge >= 0.3 is 0 Å². The van der Waals surface area contributed by atoms with Crippen LogP contribution in [0, 0.1) is 0 Å². The van der Waals surface area contributed by atoms with Crippen molar-refractivity contribution in [3.63, 3.8) is 0 Å². The van der Waals surface area contributed by atoms with Crippen LogP contribution in [0.4, 0.5) is 0 Å². The van der Waals surface area contributed by atoms with Crippen molar-refractivity contribution in [1.29, 1.82) is 0 Å². The number of aliphatic hydroxyl groups excluding tert-OH is 8. The molecule has 12 unspecified atom stereocenters. The molecule has 0 saturated carbocycles. The van der Waals surface area contributed by atoms with Crippen molar-refractivity contribution in [2.24, 2.45) is 0 Å². The zero-order chi connectivity index (χ0) is 41.1. The number of hydrogen-bond donors (Lipinski definition) is 9. The highest BCUT2D eigenvalue weighted by Gasteiger charge is 2.50. The number of aliphatic hydroxyl groups is 8. The SMILES string of the molecule is CCCCCCCCCCCC/C=C/CC/C=C/CC/C=C/C(O)C(COC1OC(CO)C(OC2OC(CO)C(O)C(O)C2O)C(O)C1O)NC(=O)CCCC. The standard InChI is InChI=1S/C42H75NO13/c1-3-5-7-8-9-10-11-12-13-14-15-16-17-18-19-20-21-22-23-24-25-31(46)30(43-34(47)26-6-4-2)29-53-41-39(52)37(50)40(33(28-45)55-41)56-42-38(51)36(49)35(48)32(27-44)54-42/h16-17,20-21,24-25,30-33,35-42,44-46,48-52H,3-15,18-19,22-23,26-29H2,1-2H3,(H,43,47)/b17-16+,21-20+,25-24+. The van der Waals surface area contributed by atoms with Crippen LogP contribution in [0.25, 0.3) is 0 Å². The molecule has 2 aliphatic heterocycles. The first-order valence-corrected chi connectivity index (χ1v) is 21.2. The molecule has 2 saturated heterocycles. The summed E-state index contributed by atoms with van der Waals surface area (Å²) in [7, 11) is 0. The molecule has 2 rings (SSSR count). The molecule has 14 nitrogen and oxygen atoms in total. The lowest BCUT2D eigenvalue weighted by atomic mass is 9.97. The van der Waals surface area contributed by atoms with Crippen LogP contribution in [0.15, 0.2) is 36.5 Å². The van der Waals surface area contributed by atoms with Gasteiger partial charge in [0.15, 0.2) is 12.6 Å². The molecule has 2 aliphatic rings. The van der Waals surface area contributed by atoms with Crippen molar-refractivity contribution in [3.05, 3.63) is 36.5 Å². The topological polar surface area (TPSA) is 228 Å². The number of unbranched alkanes of at least 4 members (excludes halogenated alkanes) is 13. The molecule has 56 heavy (non-hydrogen) atoms. The Morgan fingerprint density at radius 1 is 0.625 bits per heavy atom. The van der Waals surface area contributed by atoms with E-state index in [1.807, 2.05) is 13.0 Å². The number of rotatable bonds is 30. The predicted octanol–water partition coefficient (Wildman–Crippen LogP) is 3.20. The largest absolute Gasteiger partial charge is 0.394 e. The van der Waals surface area contributed by atoms with Crippen molar-refractivity contribution in [2.75, 3.05) is 19.8 Å². The highest BCUT2D eigenvalue weighted by Crippen LogP contribution is 2.29. The fourth-order valence-electron chi connectivity index (χ4n) is 6.71. The van der Waals surface area contributed by atoms with Gasteiger partial charge in [0.1, 0.15) is 48.8 Å². The third-order valence-corrected chi connectivity index (χ3v) is 10.3. The van der Waals surface area contributed by atoms with Gasteiger partial charge in [0.2, 0.25) is 5.91 Å². The monoisotopic (exact) mass is 802 g/mol. The normalized spacial score (nSPS) is 29.8. The minimum atomic E-state index is -1.79. The molecule has 326 valence electrons. The molecule has 0 spiro atoms. The molecule has 2 heterocycles. The van der Waals surface area contributed by atoms with E-state index in [0.29, 0.717) is 12.8 Å². The van der Waals surface area contributed by atoms with E-state index in [-0.39, 0.29) is 18.9 Å². The lowest BCUT2D eigenvalue weighted by molar-refractivity contribution is -0.359. The Bertz CT molecular complexity index is 1090. The molecule has 2 fully saturated rings. The Morgan fingerprint density at radius 2 is 1.14 bits per heavy atom. The van der Waals surface area contributed by atoms with Crippen LogP contribution >= 0.6 is 0 Å². The second-order valence-electron chi connectivity index (χ2n) is 15.1. The van der Waals surface area contributed by atoms with E-state index in [2.05, 4.69) is 36.5 Å². The van der Waals surface area contributed by atoms with Crippen LogP contribution in [0.1, 0.15) is 129 Å². The first-order valence-electron chi connectivity index (χ1n) is 21.2. The molecule has 1 amide bonds. The van der Waals surface area contributed by atoms with Gasteiger partial charge in [-0.05, 0) is 44.9 Å². The first kappa shape index (κ1) is 50.4. The Balaban J connectivity index is 1.79. The van der Waals surface area contributed by atoms with E-state index in [4.69, 9.17) is 18.9 Å². The van der Waals surface area contributed by atoms with Crippen molar-refractivity contribution < 1.29 is 64.6 Å². The molecule has 0 radical (unpaired) electrons. The average Bonchev–Trinajstić information content (AvgIpc) is 3.20. The third-order valence-electron chi connectivity index (χ3n) is 10.3. The zero-order valence-electron chi connectivity index (χ0n) is 33.9. The fourth-order valence-corrected chi connectivity index (χ4v) is 6.71. The van der Waals surface area contributed by atoms with E-state index >= 15 is 0 Å². The van der Waals surface area contributed by atoms with E-state index < -0.39 is 86.8 Å². The quantitative estimate of drug-likeness (QED) is 0.0376. The van der Waals surface area contributed by atoms with Crippen molar-refractivity contribution >= 4 is 5.91 Å². The van der Waals surface area contributed by atoms with Crippen molar-refractivity contribution in [3.8, 4) is 0 Å². The number of amides is 1. The summed E-state index contributed by atoms with van der Waals surface area (Å²) >= 11 is 0. The maximum atomic E-state index is 12.6. The van der Waals surface area contributed by atoms with Crippen molar-refractivity contribution in [1.82, 2.24) is 5.32 Å². The minimum Gasteiger partial charge on any atom is -0.394 e. The first-order chi connectivity index (χ1) is 27.1. The van der Waals surface area contributed by atoms with Gasteiger partial charge in [-0.1, -0.05) is 115 Å². The summed E-state index contributed by atoms with van der Waals surface area (Å²) in [6.07, 6.45) is 14.9. The number of carbonyl (C=O) groups excluding carboxylic acids is 1. The summed E-state index contributed by atoms with van der Waals surface area (Å²) in [6.45, 7) is 2.46. The van der Waals surface area contributed by atoms with Gasteiger partial charge in [-0.2, -0.15) is 0 Å². The number of hydrogen-bond acceptors (Lipinski definition) is 13. The van der Waals surface area contributed by atoms with E-state index in [9.17, 15) is 45.6 Å². The van der Waals surface area contributed by atoms with Gasteiger partial charge < -0.3 is 65.1 Å². The molecule has 12 atom stereocenters. The maximum absolute atomic E-state index is 12.6. The summed E-state index contributed by atoms with van der Waals surface area (Å²) in [4.78, 5) is 12.6.